The average molecular weight is 535 g/mol. The summed E-state index contributed by atoms with van der Waals surface area (Å²) in [6, 6.07) is 15.3. The molecule has 7 nitrogen and oxygen atoms in total. The van der Waals surface area contributed by atoms with Crippen molar-refractivity contribution < 1.29 is 22.7 Å². The van der Waals surface area contributed by atoms with Crippen LogP contribution in [0.5, 0.6) is 5.75 Å². The van der Waals surface area contributed by atoms with E-state index in [1.807, 2.05) is 23.6 Å². The van der Waals surface area contributed by atoms with Crippen molar-refractivity contribution >= 4 is 38.9 Å². The average Bonchev–Trinajstić information content (AvgIpc) is 3.35. The van der Waals surface area contributed by atoms with Gasteiger partial charge in [-0.15, -0.1) is 11.3 Å². The van der Waals surface area contributed by atoms with Crippen LogP contribution in [0, 0.1) is 0 Å². The van der Waals surface area contributed by atoms with E-state index in [1.54, 1.807) is 40.5 Å². The summed E-state index contributed by atoms with van der Waals surface area (Å²) < 4.78 is 38.4. The number of halogens is 1. The first-order chi connectivity index (χ1) is 16.8. The first-order valence-corrected chi connectivity index (χ1v) is 13.8. The molecule has 2 heterocycles. The van der Waals surface area contributed by atoms with Crippen LogP contribution in [-0.4, -0.2) is 64.0 Å². The lowest BCUT2D eigenvalue weighted by Gasteiger charge is -2.37. The molecule has 1 amide bonds. The maximum atomic E-state index is 13.7. The maximum absolute atomic E-state index is 13.7. The fourth-order valence-electron chi connectivity index (χ4n) is 4.21. The second kappa shape index (κ2) is 11.1. The predicted molar refractivity (Wildman–Crippen MR) is 137 cm³/mol. The summed E-state index contributed by atoms with van der Waals surface area (Å²) in [5, 5.41) is 2.64. The Morgan fingerprint density at radius 2 is 1.83 bits per heavy atom. The molecule has 2 aromatic carbocycles. The third kappa shape index (κ3) is 5.54. The standard InChI is InChI=1S/C25H27ClN2O5S2/c1-32-15-14-27(35(30,31)21-9-7-20(33-2)8-10-21)17-24(29)28-13-11-23-22(12-16-34-23)25(28)18-3-5-19(26)6-4-18/h3-10,12,16,25H,11,13-15,17H2,1-2H3. The molecule has 0 spiro atoms. The van der Waals surface area contributed by atoms with Crippen molar-refractivity contribution in [2.24, 2.45) is 0 Å². The highest BCUT2D eigenvalue weighted by Crippen LogP contribution is 2.38. The van der Waals surface area contributed by atoms with Gasteiger partial charge in [0.05, 0.1) is 31.2 Å². The van der Waals surface area contributed by atoms with Crippen LogP contribution in [0.3, 0.4) is 0 Å². The number of fused-ring (bicyclic) bond motifs is 1. The van der Waals surface area contributed by atoms with Gasteiger partial charge in [0, 0.05) is 30.1 Å². The molecule has 1 atom stereocenters. The zero-order valence-corrected chi connectivity index (χ0v) is 21.9. The second-order valence-corrected chi connectivity index (χ2v) is 11.5. The lowest BCUT2D eigenvalue weighted by atomic mass is 9.93. The molecule has 0 radical (unpaired) electrons. The molecular formula is C25H27ClN2O5S2. The van der Waals surface area contributed by atoms with Crippen LogP contribution in [0.15, 0.2) is 64.9 Å². The van der Waals surface area contributed by atoms with E-state index in [9.17, 15) is 13.2 Å². The van der Waals surface area contributed by atoms with Gasteiger partial charge >= 0.3 is 0 Å². The number of sulfonamides is 1. The van der Waals surface area contributed by atoms with Crippen molar-refractivity contribution in [1.82, 2.24) is 9.21 Å². The van der Waals surface area contributed by atoms with Crippen molar-refractivity contribution in [2.75, 3.05) is 40.5 Å². The van der Waals surface area contributed by atoms with Crippen LogP contribution in [0.4, 0.5) is 0 Å². The minimum absolute atomic E-state index is 0.0553. The van der Waals surface area contributed by atoms with E-state index < -0.39 is 10.0 Å². The van der Waals surface area contributed by atoms with Crippen molar-refractivity contribution in [3.63, 3.8) is 0 Å². The fraction of sp³-hybridized carbons (Fsp3) is 0.320. The van der Waals surface area contributed by atoms with Gasteiger partial charge in [-0.3, -0.25) is 4.79 Å². The number of amides is 1. The quantitative estimate of drug-likeness (QED) is 0.411. The highest BCUT2D eigenvalue weighted by Gasteiger charge is 2.35. The van der Waals surface area contributed by atoms with Gasteiger partial charge in [0.2, 0.25) is 15.9 Å². The normalized spacial score (nSPS) is 15.8. The molecule has 186 valence electrons. The first kappa shape index (κ1) is 25.7. The largest absolute Gasteiger partial charge is 0.497 e. The van der Waals surface area contributed by atoms with Crippen molar-refractivity contribution in [3.8, 4) is 5.75 Å². The monoisotopic (exact) mass is 534 g/mol. The topological polar surface area (TPSA) is 76.2 Å². The third-order valence-corrected chi connectivity index (χ3v) is 9.13. The molecule has 1 aliphatic rings. The van der Waals surface area contributed by atoms with E-state index in [2.05, 4.69) is 0 Å². The molecule has 3 aromatic rings. The van der Waals surface area contributed by atoms with Crippen LogP contribution in [0.2, 0.25) is 5.02 Å². The van der Waals surface area contributed by atoms with Gasteiger partial charge in [0.15, 0.2) is 0 Å². The van der Waals surface area contributed by atoms with E-state index in [0.717, 1.165) is 17.5 Å². The molecule has 10 heteroatoms. The Kier molecular flexibility index (Phi) is 8.13. The van der Waals surface area contributed by atoms with Gasteiger partial charge in [-0.1, -0.05) is 23.7 Å². The first-order valence-electron chi connectivity index (χ1n) is 11.1. The lowest BCUT2D eigenvalue weighted by Crippen LogP contribution is -2.47. The number of thiophene rings is 1. The molecule has 1 unspecified atom stereocenters. The number of carbonyl (C=O) groups excluding carboxylic acids is 1. The number of methoxy groups -OCH3 is 2. The van der Waals surface area contributed by atoms with Crippen molar-refractivity contribution in [2.45, 2.75) is 17.4 Å². The third-order valence-electron chi connectivity index (χ3n) is 6.03. The number of ether oxygens (including phenoxy) is 2. The Bertz CT molecular complexity index is 1260. The number of hydrogen-bond acceptors (Lipinski definition) is 6. The van der Waals surface area contributed by atoms with Crippen LogP contribution in [0.25, 0.3) is 0 Å². The molecule has 0 saturated carbocycles. The smallest absolute Gasteiger partial charge is 0.243 e. The molecule has 35 heavy (non-hydrogen) atoms. The summed E-state index contributed by atoms with van der Waals surface area (Å²) in [6.45, 7) is 0.430. The number of nitrogens with zero attached hydrogens (tertiary/aromatic N) is 2. The summed E-state index contributed by atoms with van der Waals surface area (Å²) in [5.41, 5.74) is 2.00. The fourth-order valence-corrected chi connectivity index (χ4v) is 6.61. The summed E-state index contributed by atoms with van der Waals surface area (Å²) in [6.07, 6.45) is 0.728. The molecule has 0 bridgehead atoms. The summed E-state index contributed by atoms with van der Waals surface area (Å²) >= 11 is 7.77. The molecule has 0 saturated heterocycles. The van der Waals surface area contributed by atoms with E-state index in [1.165, 1.54) is 35.5 Å². The predicted octanol–water partition coefficient (Wildman–Crippen LogP) is 4.22. The van der Waals surface area contributed by atoms with Crippen LogP contribution >= 0.6 is 22.9 Å². The van der Waals surface area contributed by atoms with Crippen LogP contribution < -0.4 is 4.74 Å². The van der Waals surface area contributed by atoms with Gasteiger partial charge in [0.1, 0.15) is 5.75 Å². The van der Waals surface area contributed by atoms with Gasteiger partial charge in [-0.25, -0.2) is 8.42 Å². The molecule has 0 aliphatic carbocycles. The SMILES string of the molecule is COCCN(CC(=O)N1CCc2sccc2C1c1ccc(Cl)cc1)S(=O)(=O)c1ccc(OC)cc1. The van der Waals surface area contributed by atoms with Gasteiger partial charge in [0.25, 0.3) is 0 Å². The van der Waals surface area contributed by atoms with E-state index in [4.69, 9.17) is 21.1 Å². The zero-order chi connectivity index (χ0) is 25.0. The molecule has 0 fully saturated rings. The van der Waals surface area contributed by atoms with Gasteiger partial charge in [-0.2, -0.15) is 4.31 Å². The maximum Gasteiger partial charge on any atom is 0.243 e. The Labute approximate surface area is 214 Å². The van der Waals surface area contributed by atoms with E-state index in [0.29, 0.717) is 17.3 Å². The molecule has 0 N–H and O–H groups in total. The summed E-state index contributed by atoms with van der Waals surface area (Å²) in [7, 11) is -0.920. The van der Waals surface area contributed by atoms with Crippen LogP contribution in [0.1, 0.15) is 22.0 Å². The zero-order valence-electron chi connectivity index (χ0n) is 19.5. The Hall–Kier alpha value is -2.43. The second-order valence-electron chi connectivity index (χ2n) is 8.10. The van der Waals surface area contributed by atoms with Gasteiger partial charge < -0.3 is 14.4 Å². The Balaban J connectivity index is 1.64. The van der Waals surface area contributed by atoms with Crippen molar-refractivity contribution in [1.29, 1.82) is 0 Å². The molecule has 4 rings (SSSR count). The highest BCUT2D eigenvalue weighted by molar-refractivity contribution is 7.89. The highest BCUT2D eigenvalue weighted by atomic mass is 35.5. The van der Waals surface area contributed by atoms with E-state index in [-0.39, 0.29) is 36.5 Å². The number of hydrogen-bond donors (Lipinski definition) is 0. The Morgan fingerprint density at radius 1 is 1.11 bits per heavy atom. The molecule has 1 aromatic heterocycles. The molecular weight excluding hydrogens is 508 g/mol. The summed E-state index contributed by atoms with van der Waals surface area (Å²) in [5.74, 6) is 0.282. The van der Waals surface area contributed by atoms with Gasteiger partial charge in [-0.05, 0) is 65.4 Å². The molecule has 1 aliphatic heterocycles. The Morgan fingerprint density at radius 3 is 2.49 bits per heavy atom. The number of rotatable bonds is 9. The summed E-state index contributed by atoms with van der Waals surface area (Å²) in [4.78, 5) is 16.8. The minimum Gasteiger partial charge on any atom is -0.497 e. The minimum atomic E-state index is -3.93. The lowest BCUT2D eigenvalue weighted by molar-refractivity contribution is -0.133. The van der Waals surface area contributed by atoms with Crippen LogP contribution in [-0.2, 0) is 26.0 Å². The number of carbonyl (C=O) groups is 1. The van der Waals surface area contributed by atoms with E-state index >= 15 is 0 Å². The number of benzene rings is 2. The van der Waals surface area contributed by atoms with Crippen molar-refractivity contribution in [3.05, 3.63) is 81.0 Å².